The number of hydrogen-bond acceptors (Lipinski definition) is 7. The van der Waals surface area contributed by atoms with Crippen LogP contribution in [0.5, 0.6) is 0 Å². The van der Waals surface area contributed by atoms with E-state index in [0.29, 0.717) is 5.56 Å². The Morgan fingerprint density at radius 3 is 1.37 bits per heavy atom. The minimum atomic E-state index is -8.65. The average molecular weight is 887 g/mol. The van der Waals surface area contributed by atoms with Gasteiger partial charge < -0.3 is 23.3 Å². The Balaban J connectivity index is 2.63. The Bertz CT molecular complexity index is 1390. The molecule has 0 spiro atoms. The minimum Gasteiger partial charge on any atom is -0.377 e. The lowest BCUT2D eigenvalue weighted by atomic mass is 9.87. The highest BCUT2D eigenvalue weighted by Crippen LogP contribution is 2.64. The minimum absolute atomic E-state index is 0.0222. The van der Waals surface area contributed by atoms with Crippen LogP contribution in [0, 0.1) is 11.3 Å². The van der Waals surface area contributed by atoms with E-state index in [4.69, 9.17) is 28.5 Å². The highest BCUT2D eigenvalue weighted by atomic mass is 31.2. The van der Waals surface area contributed by atoms with Crippen LogP contribution < -0.4 is 0 Å². The largest absolute Gasteiger partial charge is 0.460 e. The summed E-state index contributed by atoms with van der Waals surface area (Å²) in [7, 11) is -1.43. The second kappa shape index (κ2) is 20.8. The van der Waals surface area contributed by atoms with Gasteiger partial charge in [0.15, 0.2) is 0 Å². The molecule has 1 rings (SSSR count). The molecule has 1 aromatic rings. The summed E-state index contributed by atoms with van der Waals surface area (Å²) in [5, 5.41) is 8.76. The van der Waals surface area contributed by atoms with Gasteiger partial charge in [-0.2, -0.15) is 79.9 Å². The second-order valence-electron chi connectivity index (χ2n) is 12.6. The highest BCUT2D eigenvalue weighted by molar-refractivity contribution is 7.44. The van der Waals surface area contributed by atoms with Crippen LogP contribution in [0.2, 0.25) is 0 Å². The summed E-state index contributed by atoms with van der Waals surface area (Å²) in [6.07, 6.45) is -11.5. The molecule has 25 heteroatoms. The van der Waals surface area contributed by atoms with Gasteiger partial charge in [0.25, 0.3) is 8.53 Å². The smallest absolute Gasteiger partial charge is 0.377 e. The van der Waals surface area contributed by atoms with Crippen molar-refractivity contribution in [3.8, 4) is 6.07 Å². The molecule has 0 saturated heterocycles. The summed E-state index contributed by atoms with van der Waals surface area (Å²) >= 11 is 0. The quantitative estimate of drug-likeness (QED) is 0.0495. The summed E-state index contributed by atoms with van der Waals surface area (Å²) < 4.78 is 259. The molecule has 57 heavy (non-hydrogen) atoms. The molecule has 1 atom stereocenters. The van der Waals surface area contributed by atoms with E-state index >= 15 is 0 Å². The monoisotopic (exact) mass is 886 g/mol. The van der Waals surface area contributed by atoms with Crippen LogP contribution >= 0.6 is 8.53 Å². The van der Waals surface area contributed by atoms with Crippen molar-refractivity contribution in [3.63, 3.8) is 0 Å². The lowest BCUT2D eigenvalue weighted by molar-refractivity contribution is -0.461. The molecule has 7 nitrogen and oxygen atoms in total. The number of ether oxygens (including phenoxy) is 3. The van der Waals surface area contributed by atoms with Crippen molar-refractivity contribution >= 4 is 8.53 Å². The number of nitrogens with zero attached hydrogens (tertiary/aromatic N) is 2. The van der Waals surface area contributed by atoms with Crippen molar-refractivity contribution in [1.29, 1.82) is 5.26 Å². The van der Waals surface area contributed by atoms with Crippen molar-refractivity contribution in [2.45, 2.75) is 113 Å². The summed E-state index contributed by atoms with van der Waals surface area (Å²) in [6.45, 7) is 8.85. The maximum absolute atomic E-state index is 14.2. The summed E-state index contributed by atoms with van der Waals surface area (Å²) in [5.41, 5.74) is -0.0331. The molecule has 1 aromatic carbocycles. The van der Waals surface area contributed by atoms with Gasteiger partial charge in [-0.1, -0.05) is 24.3 Å². The maximum atomic E-state index is 14.2. The second-order valence-corrected chi connectivity index (χ2v) is 14.1. The van der Waals surface area contributed by atoms with Crippen LogP contribution in [0.25, 0.3) is 0 Å². The van der Waals surface area contributed by atoms with Crippen molar-refractivity contribution in [2.24, 2.45) is 0 Å². The Hall–Kier alpha value is -2.29. The number of hydrogen-bond donors (Lipinski definition) is 0. The number of aryl methyl sites for hydroxylation is 1. The molecule has 332 valence electrons. The molecule has 0 radical (unpaired) electrons. The lowest BCUT2D eigenvalue weighted by Gasteiger charge is -2.42. The Kier molecular flexibility index (Phi) is 19.2. The number of halogens is 17. The van der Waals surface area contributed by atoms with Crippen molar-refractivity contribution in [1.82, 2.24) is 4.67 Å². The molecule has 0 aliphatic heterocycles. The first-order chi connectivity index (χ1) is 25.9. The van der Waals surface area contributed by atoms with Crippen molar-refractivity contribution in [3.05, 3.63) is 35.4 Å². The molecule has 0 amide bonds. The van der Waals surface area contributed by atoms with Gasteiger partial charge in [-0.3, -0.25) is 0 Å². The third-order valence-corrected chi connectivity index (χ3v) is 9.75. The first-order valence-electron chi connectivity index (χ1n) is 16.6. The molecule has 0 aromatic heterocycles. The average Bonchev–Trinajstić information content (AvgIpc) is 3.08. The van der Waals surface area contributed by atoms with E-state index in [-0.39, 0.29) is 76.9 Å². The zero-order chi connectivity index (χ0) is 44.3. The van der Waals surface area contributed by atoms with Gasteiger partial charge in [-0.25, -0.2) is 4.67 Å². The van der Waals surface area contributed by atoms with E-state index in [9.17, 15) is 74.6 Å². The van der Waals surface area contributed by atoms with Gasteiger partial charge in [-0.15, -0.1) is 0 Å². The number of rotatable bonds is 27. The predicted octanol–water partition coefficient (Wildman–Crippen LogP) is 10.5. The first-order valence-corrected chi connectivity index (χ1v) is 17.8. The van der Waals surface area contributed by atoms with Gasteiger partial charge in [0.1, 0.15) is 0 Å². The van der Waals surface area contributed by atoms with E-state index in [1.807, 2.05) is 38.4 Å². The number of nitriles is 1. The lowest BCUT2D eigenvalue weighted by Crippen LogP contribution is -2.74. The van der Waals surface area contributed by atoms with Crippen LogP contribution in [0.15, 0.2) is 24.3 Å². The topological polar surface area (TPSA) is 73.2 Å². The molecular formula is C32H40F17N2O5P. The molecule has 0 aliphatic rings. The van der Waals surface area contributed by atoms with Crippen LogP contribution in [0.4, 0.5) is 74.6 Å². The number of alkyl halides is 17. The predicted molar refractivity (Wildman–Crippen MR) is 168 cm³/mol. The van der Waals surface area contributed by atoms with Crippen molar-refractivity contribution < 1.29 is 97.9 Å². The van der Waals surface area contributed by atoms with Gasteiger partial charge in [-0.05, 0) is 45.2 Å². The zero-order valence-electron chi connectivity index (χ0n) is 30.6. The molecule has 0 aliphatic carbocycles. The van der Waals surface area contributed by atoms with E-state index in [1.165, 1.54) is 0 Å². The Morgan fingerprint density at radius 2 is 0.930 bits per heavy atom. The van der Waals surface area contributed by atoms with Crippen LogP contribution in [0.1, 0.15) is 51.7 Å². The molecular weight excluding hydrogens is 846 g/mol. The van der Waals surface area contributed by atoms with Gasteiger partial charge >= 0.3 is 47.6 Å². The summed E-state index contributed by atoms with van der Waals surface area (Å²) in [4.78, 5) is 0. The van der Waals surface area contributed by atoms with Gasteiger partial charge in [0.05, 0.1) is 65.3 Å². The molecule has 1 unspecified atom stereocenters. The molecule has 0 saturated carbocycles. The molecule has 0 N–H and O–H groups in total. The van der Waals surface area contributed by atoms with Crippen LogP contribution in [-0.4, -0.2) is 111 Å². The third-order valence-electron chi connectivity index (χ3n) is 7.64. The van der Waals surface area contributed by atoms with Gasteiger partial charge in [0, 0.05) is 18.5 Å². The normalized spacial score (nSPS) is 14.9. The van der Waals surface area contributed by atoms with E-state index in [2.05, 4.69) is 0 Å². The third kappa shape index (κ3) is 12.4. The van der Waals surface area contributed by atoms with E-state index < -0.39 is 69.0 Å². The summed E-state index contributed by atoms with van der Waals surface area (Å²) in [5.74, 6) is -56.4. The summed E-state index contributed by atoms with van der Waals surface area (Å²) in [6, 6.07) is 6.46. The van der Waals surface area contributed by atoms with Gasteiger partial charge in [0.2, 0.25) is 0 Å². The fourth-order valence-electron chi connectivity index (χ4n) is 4.57. The van der Waals surface area contributed by atoms with Crippen molar-refractivity contribution in [2.75, 3.05) is 46.2 Å². The van der Waals surface area contributed by atoms with E-state index in [0.717, 1.165) is 24.3 Å². The van der Waals surface area contributed by atoms with Crippen LogP contribution in [0.3, 0.4) is 0 Å². The zero-order valence-corrected chi connectivity index (χ0v) is 31.4. The molecule has 0 fully saturated rings. The SMILES string of the molecule is CC(C)N(C(C)C)P(OCCC#N)OCCOCCOCCOCc1ccc(CCC(F)(F)C(F)(F)C(F)(F)C(F)(F)C(F)(F)C(F)(F)C(F)(F)C(F)(F)F)cc1. The molecule has 0 bridgehead atoms. The number of benzene rings is 1. The van der Waals surface area contributed by atoms with Crippen LogP contribution in [-0.2, 0) is 36.3 Å². The Morgan fingerprint density at radius 1 is 0.544 bits per heavy atom. The Labute approximate surface area is 317 Å². The maximum Gasteiger partial charge on any atom is 0.460 e. The molecule has 0 heterocycles. The standard InChI is InChI=1S/C32H40F17N2O5P/c1-21(2)51(22(3)4)57(55-13-5-12-50)56-19-18-53-15-14-52-16-17-54-20-24-8-6-23(7-9-24)10-11-25(33,34)26(35,36)27(37,38)28(39,40)29(41,42)30(43,44)31(45,46)32(47,48)49/h6-9,21-22H,5,10-11,13-20H2,1-4H3. The highest BCUT2D eigenvalue weighted by Gasteiger charge is 2.95. The fraction of sp³-hybridized carbons (Fsp3) is 0.781. The fourth-order valence-corrected chi connectivity index (χ4v) is 6.15. The first kappa shape index (κ1) is 52.7. The van der Waals surface area contributed by atoms with E-state index in [1.54, 1.807) is 0 Å².